The van der Waals surface area contributed by atoms with Gasteiger partial charge in [-0.2, -0.15) is 0 Å². The molecule has 0 aromatic carbocycles. The first kappa shape index (κ1) is 15.5. The first-order chi connectivity index (χ1) is 7.52. The van der Waals surface area contributed by atoms with Crippen LogP contribution in [0.1, 0.15) is 79.1 Å². The van der Waals surface area contributed by atoms with Crippen molar-refractivity contribution >= 4 is 5.97 Å². The van der Waals surface area contributed by atoms with Crippen LogP contribution in [0.25, 0.3) is 0 Å². The lowest BCUT2D eigenvalue weighted by molar-refractivity contribution is -0.157. The number of ether oxygens (including phenoxy) is 1. The van der Waals surface area contributed by atoms with Crippen LogP contribution in [-0.4, -0.2) is 11.6 Å². The predicted molar refractivity (Wildman–Crippen MR) is 68.5 cm³/mol. The van der Waals surface area contributed by atoms with E-state index in [1.54, 1.807) is 0 Å². The summed E-state index contributed by atoms with van der Waals surface area (Å²) >= 11 is 0. The highest BCUT2D eigenvalue weighted by atomic mass is 16.6. The van der Waals surface area contributed by atoms with E-state index in [2.05, 4.69) is 13.8 Å². The van der Waals surface area contributed by atoms with Crippen LogP contribution in [0.2, 0.25) is 0 Å². The van der Waals surface area contributed by atoms with E-state index in [4.69, 9.17) is 4.74 Å². The highest BCUT2D eigenvalue weighted by Gasteiger charge is 2.20. The van der Waals surface area contributed by atoms with E-state index in [9.17, 15) is 4.79 Å². The minimum atomic E-state index is -0.282. The van der Waals surface area contributed by atoms with Crippen molar-refractivity contribution in [1.82, 2.24) is 0 Å². The van der Waals surface area contributed by atoms with E-state index < -0.39 is 0 Å². The lowest BCUT2D eigenvalue weighted by Crippen LogP contribution is -2.27. The second-order valence-electron chi connectivity index (χ2n) is 5.15. The normalized spacial score (nSPS) is 11.5. The van der Waals surface area contributed by atoms with Gasteiger partial charge in [0.2, 0.25) is 0 Å². The number of carbonyl (C=O) groups excluding carboxylic acids is 1. The van der Waals surface area contributed by atoms with Gasteiger partial charge in [-0.3, -0.25) is 4.79 Å². The first-order valence-corrected chi connectivity index (χ1v) is 6.73. The third kappa shape index (κ3) is 8.75. The van der Waals surface area contributed by atoms with Gasteiger partial charge < -0.3 is 4.74 Å². The maximum Gasteiger partial charge on any atom is 0.306 e. The van der Waals surface area contributed by atoms with E-state index in [0.717, 1.165) is 25.7 Å². The van der Waals surface area contributed by atoms with Crippen LogP contribution in [0.3, 0.4) is 0 Å². The third-order valence-electron chi connectivity index (χ3n) is 2.73. The average Bonchev–Trinajstić information content (AvgIpc) is 2.16. The Bertz CT molecular complexity index is 185. The average molecular weight is 228 g/mol. The summed E-state index contributed by atoms with van der Waals surface area (Å²) in [5, 5.41) is 0. The monoisotopic (exact) mass is 228 g/mol. The number of esters is 1. The molecule has 2 heteroatoms. The second-order valence-corrected chi connectivity index (χ2v) is 5.15. The molecular formula is C14H28O2. The highest BCUT2D eigenvalue weighted by molar-refractivity contribution is 5.69. The molecule has 0 atom stereocenters. The molecule has 0 aliphatic heterocycles. The summed E-state index contributed by atoms with van der Waals surface area (Å²) in [6.45, 7) is 8.29. The standard InChI is InChI=1S/C14H28O2/c1-5-7-8-9-10-11-13(15)16-14(3,4)12-6-2/h5-12H2,1-4H3. The Labute approximate surface area is 101 Å². The van der Waals surface area contributed by atoms with Gasteiger partial charge in [-0.15, -0.1) is 0 Å². The van der Waals surface area contributed by atoms with Crippen molar-refractivity contribution in [3.63, 3.8) is 0 Å². The summed E-state index contributed by atoms with van der Waals surface area (Å²) in [5.74, 6) is -0.0325. The Morgan fingerprint density at radius 3 is 2.19 bits per heavy atom. The van der Waals surface area contributed by atoms with E-state index in [1.165, 1.54) is 19.3 Å². The molecule has 0 aliphatic carbocycles. The molecule has 0 aromatic rings. The maximum absolute atomic E-state index is 11.5. The minimum absolute atomic E-state index is 0.0325. The molecule has 0 aromatic heterocycles. The molecule has 0 amide bonds. The Balaban J connectivity index is 3.58. The quantitative estimate of drug-likeness (QED) is 0.430. The van der Waals surface area contributed by atoms with Crippen molar-refractivity contribution in [1.29, 1.82) is 0 Å². The molecule has 0 rings (SSSR count). The molecule has 0 fully saturated rings. The minimum Gasteiger partial charge on any atom is -0.460 e. The van der Waals surface area contributed by atoms with Crippen LogP contribution in [0.4, 0.5) is 0 Å². The zero-order chi connectivity index (χ0) is 12.4. The molecular weight excluding hydrogens is 200 g/mol. The van der Waals surface area contributed by atoms with Crippen LogP contribution >= 0.6 is 0 Å². The van der Waals surface area contributed by atoms with Gasteiger partial charge >= 0.3 is 5.97 Å². The molecule has 0 radical (unpaired) electrons. The van der Waals surface area contributed by atoms with Gasteiger partial charge in [-0.25, -0.2) is 0 Å². The number of carbonyl (C=O) groups is 1. The van der Waals surface area contributed by atoms with Crippen molar-refractivity contribution < 1.29 is 9.53 Å². The fourth-order valence-corrected chi connectivity index (χ4v) is 1.89. The lowest BCUT2D eigenvalue weighted by Gasteiger charge is -2.24. The fourth-order valence-electron chi connectivity index (χ4n) is 1.89. The van der Waals surface area contributed by atoms with Gasteiger partial charge in [0.1, 0.15) is 5.60 Å². The molecule has 0 unspecified atom stereocenters. The van der Waals surface area contributed by atoms with E-state index in [0.29, 0.717) is 6.42 Å². The van der Waals surface area contributed by atoms with Crippen molar-refractivity contribution in [3.05, 3.63) is 0 Å². The first-order valence-electron chi connectivity index (χ1n) is 6.73. The topological polar surface area (TPSA) is 26.3 Å². The fraction of sp³-hybridized carbons (Fsp3) is 0.929. The molecule has 0 heterocycles. The molecule has 16 heavy (non-hydrogen) atoms. The van der Waals surface area contributed by atoms with Crippen LogP contribution in [0.5, 0.6) is 0 Å². The molecule has 0 spiro atoms. The van der Waals surface area contributed by atoms with E-state index >= 15 is 0 Å². The third-order valence-corrected chi connectivity index (χ3v) is 2.73. The summed E-state index contributed by atoms with van der Waals surface area (Å²) < 4.78 is 5.45. The van der Waals surface area contributed by atoms with Crippen LogP contribution in [-0.2, 0) is 9.53 Å². The van der Waals surface area contributed by atoms with Gasteiger partial charge in [-0.1, -0.05) is 46.0 Å². The number of unbranched alkanes of at least 4 members (excludes halogenated alkanes) is 4. The molecule has 0 aliphatic rings. The molecule has 0 saturated carbocycles. The van der Waals surface area contributed by atoms with Gasteiger partial charge in [-0.05, 0) is 26.7 Å². The number of hydrogen-bond donors (Lipinski definition) is 0. The van der Waals surface area contributed by atoms with E-state index in [-0.39, 0.29) is 11.6 Å². The Hall–Kier alpha value is -0.530. The molecule has 2 nitrogen and oxygen atoms in total. The summed E-state index contributed by atoms with van der Waals surface area (Å²) in [4.78, 5) is 11.5. The molecule has 0 N–H and O–H groups in total. The Morgan fingerprint density at radius 2 is 1.62 bits per heavy atom. The zero-order valence-electron chi connectivity index (χ0n) is 11.5. The van der Waals surface area contributed by atoms with Crippen molar-refractivity contribution in [2.75, 3.05) is 0 Å². The van der Waals surface area contributed by atoms with Crippen LogP contribution < -0.4 is 0 Å². The molecule has 0 bridgehead atoms. The Kier molecular flexibility index (Phi) is 8.32. The summed E-state index contributed by atoms with van der Waals surface area (Å²) in [5.41, 5.74) is -0.282. The van der Waals surface area contributed by atoms with Crippen molar-refractivity contribution in [3.8, 4) is 0 Å². The second kappa shape index (κ2) is 8.60. The van der Waals surface area contributed by atoms with Gasteiger partial charge in [0.15, 0.2) is 0 Å². The summed E-state index contributed by atoms with van der Waals surface area (Å²) in [6, 6.07) is 0. The molecule has 96 valence electrons. The van der Waals surface area contributed by atoms with Gasteiger partial charge in [0.25, 0.3) is 0 Å². The SMILES string of the molecule is CCCCCCCC(=O)OC(C)(C)CCC. The zero-order valence-corrected chi connectivity index (χ0v) is 11.5. The summed E-state index contributed by atoms with van der Waals surface area (Å²) in [6.07, 6.45) is 8.45. The van der Waals surface area contributed by atoms with Gasteiger partial charge in [0.05, 0.1) is 0 Å². The lowest BCUT2D eigenvalue weighted by atomic mass is 10.0. The predicted octanol–water partition coefficient (Wildman–Crippen LogP) is 4.47. The van der Waals surface area contributed by atoms with Crippen LogP contribution in [0.15, 0.2) is 0 Å². The maximum atomic E-state index is 11.5. The Morgan fingerprint density at radius 1 is 1.00 bits per heavy atom. The van der Waals surface area contributed by atoms with E-state index in [1.807, 2.05) is 13.8 Å². The molecule has 0 saturated heterocycles. The van der Waals surface area contributed by atoms with Gasteiger partial charge in [0, 0.05) is 6.42 Å². The van der Waals surface area contributed by atoms with Crippen molar-refractivity contribution in [2.24, 2.45) is 0 Å². The largest absolute Gasteiger partial charge is 0.460 e. The van der Waals surface area contributed by atoms with Crippen molar-refractivity contribution in [2.45, 2.75) is 84.7 Å². The highest BCUT2D eigenvalue weighted by Crippen LogP contribution is 2.18. The smallest absolute Gasteiger partial charge is 0.306 e. The van der Waals surface area contributed by atoms with Crippen LogP contribution in [0, 0.1) is 0 Å². The summed E-state index contributed by atoms with van der Waals surface area (Å²) in [7, 11) is 0. The number of hydrogen-bond acceptors (Lipinski definition) is 2. The number of rotatable bonds is 9.